The first-order valence-electron chi connectivity index (χ1n) is 10.3. The Morgan fingerprint density at radius 1 is 0.906 bits per heavy atom. The maximum atomic E-state index is 14.0. The SMILES string of the molecule is N#CC1(C#N)[C@@H](c2ccc(Cl)cc2)[C@H](C(=O)c2ccccc2)N2c3ccccc3C=C[C@@H]21. The molecule has 5 heteroatoms. The second kappa shape index (κ2) is 7.68. The van der Waals surface area contributed by atoms with Gasteiger partial charge in [-0.25, -0.2) is 0 Å². The first-order chi connectivity index (χ1) is 15.6. The van der Waals surface area contributed by atoms with Gasteiger partial charge >= 0.3 is 0 Å². The van der Waals surface area contributed by atoms with Gasteiger partial charge in [0.2, 0.25) is 0 Å². The van der Waals surface area contributed by atoms with E-state index in [-0.39, 0.29) is 5.78 Å². The third-order valence-corrected chi connectivity index (χ3v) is 6.72. The number of hydrogen-bond acceptors (Lipinski definition) is 4. The van der Waals surface area contributed by atoms with Crippen LogP contribution < -0.4 is 4.90 Å². The summed E-state index contributed by atoms with van der Waals surface area (Å²) in [5.74, 6) is -0.781. The van der Waals surface area contributed by atoms with Crippen molar-refractivity contribution in [2.75, 3.05) is 4.90 Å². The third kappa shape index (κ3) is 2.85. The predicted molar refractivity (Wildman–Crippen MR) is 124 cm³/mol. The van der Waals surface area contributed by atoms with E-state index in [9.17, 15) is 15.3 Å². The van der Waals surface area contributed by atoms with E-state index in [1.54, 1.807) is 24.3 Å². The van der Waals surface area contributed by atoms with Crippen LogP contribution >= 0.6 is 11.6 Å². The summed E-state index contributed by atoms with van der Waals surface area (Å²) in [7, 11) is 0. The number of hydrogen-bond donors (Lipinski definition) is 0. The number of Topliss-reactive ketones (excluding diaryl/α,β-unsaturated/α-hetero) is 1. The van der Waals surface area contributed by atoms with Crippen LogP contribution in [0.4, 0.5) is 5.69 Å². The fraction of sp³-hybridized carbons (Fsp3) is 0.148. The summed E-state index contributed by atoms with van der Waals surface area (Å²) in [6, 6.07) is 27.3. The smallest absolute Gasteiger partial charge is 0.185 e. The van der Waals surface area contributed by atoms with Crippen LogP contribution in [0.2, 0.25) is 5.02 Å². The maximum Gasteiger partial charge on any atom is 0.185 e. The van der Waals surface area contributed by atoms with E-state index in [0.717, 1.165) is 16.8 Å². The molecule has 0 N–H and O–H groups in total. The Labute approximate surface area is 191 Å². The Morgan fingerprint density at radius 3 is 2.25 bits per heavy atom. The molecule has 0 amide bonds. The quantitative estimate of drug-likeness (QED) is 0.500. The van der Waals surface area contributed by atoms with Crippen LogP contribution in [0.25, 0.3) is 6.08 Å². The van der Waals surface area contributed by atoms with Gasteiger partial charge in [-0.05, 0) is 29.3 Å². The van der Waals surface area contributed by atoms with Gasteiger partial charge in [-0.15, -0.1) is 0 Å². The Bertz CT molecular complexity index is 1290. The van der Waals surface area contributed by atoms with Crippen LogP contribution in [0, 0.1) is 28.1 Å². The van der Waals surface area contributed by atoms with Gasteiger partial charge in [-0.1, -0.05) is 84.4 Å². The number of ketones is 1. The summed E-state index contributed by atoms with van der Waals surface area (Å²) < 4.78 is 0. The molecular weight excluding hydrogens is 418 g/mol. The van der Waals surface area contributed by atoms with Gasteiger partial charge in [0.25, 0.3) is 0 Å². The van der Waals surface area contributed by atoms with E-state index in [2.05, 4.69) is 12.1 Å². The first kappa shape index (κ1) is 20.1. The first-order valence-corrected chi connectivity index (χ1v) is 10.7. The summed E-state index contributed by atoms with van der Waals surface area (Å²) in [6.45, 7) is 0. The summed E-state index contributed by atoms with van der Waals surface area (Å²) in [6.07, 6.45) is 3.82. The van der Waals surface area contributed by atoms with E-state index in [0.29, 0.717) is 10.6 Å². The molecule has 1 fully saturated rings. The standard InChI is InChI=1S/C27H18ClN3O/c28-21-13-10-19(11-14-21)24-25(26(32)20-7-2-1-3-8-20)31-22-9-5-4-6-18(22)12-15-23(31)27(24,16-29)17-30/h1-15,23-25H/t23-,24+,25-/m1/s1. The lowest BCUT2D eigenvalue weighted by molar-refractivity contribution is 0.0951. The zero-order valence-corrected chi connectivity index (χ0v) is 17.8. The van der Waals surface area contributed by atoms with Crippen molar-refractivity contribution >= 4 is 29.1 Å². The van der Waals surface area contributed by atoms with Crippen molar-refractivity contribution in [1.82, 2.24) is 0 Å². The lowest BCUT2D eigenvalue weighted by Crippen LogP contribution is -2.44. The molecule has 0 unspecified atom stereocenters. The lowest BCUT2D eigenvalue weighted by Gasteiger charge is -2.35. The van der Waals surface area contributed by atoms with Gasteiger partial charge in [0, 0.05) is 22.2 Å². The molecule has 2 aliphatic heterocycles. The van der Waals surface area contributed by atoms with Crippen molar-refractivity contribution < 1.29 is 4.79 Å². The predicted octanol–water partition coefficient (Wildman–Crippen LogP) is 5.62. The van der Waals surface area contributed by atoms with Gasteiger partial charge in [-0.2, -0.15) is 10.5 Å². The van der Waals surface area contributed by atoms with Gasteiger partial charge in [0.15, 0.2) is 11.2 Å². The van der Waals surface area contributed by atoms with E-state index in [1.165, 1.54) is 0 Å². The zero-order valence-electron chi connectivity index (χ0n) is 17.0. The largest absolute Gasteiger partial charge is 0.351 e. The highest BCUT2D eigenvalue weighted by atomic mass is 35.5. The summed E-state index contributed by atoms with van der Waals surface area (Å²) >= 11 is 6.12. The number of rotatable bonds is 3. The molecule has 0 radical (unpaired) electrons. The third-order valence-electron chi connectivity index (χ3n) is 6.47. The van der Waals surface area contributed by atoms with E-state index in [1.807, 2.05) is 71.6 Å². The normalized spacial score (nSPS) is 22.3. The minimum absolute atomic E-state index is 0.118. The number of fused-ring (bicyclic) bond motifs is 3. The van der Waals surface area contributed by atoms with Gasteiger partial charge in [0.1, 0.15) is 6.04 Å². The molecule has 2 heterocycles. The number of halogens is 1. The molecule has 0 saturated carbocycles. The van der Waals surface area contributed by atoms with E-state index in [4.69, 9.17) is 11.6 Å². The number of nitriles is 2. The molecule has 0 bridgehead atoms. The summed E-state index contributed by atoms with van der Waals surface area (Å²) in [4.78, 5) is 15.9. The Morgan fingerprint density at radius 2 is 1.56 bits per heavy atom. The molecule has 3 aromatic carbocycles. The second-order valence-electron chi connectivity index (χ2n) is 8.07. The monoisotopic (exact) mass is 435 g/mol. The molecule has 4 nitrogen and oxygen atoms in total. The van der Waals surface area contributed by atoms with E-state index >= 15 is 0 Å². The van der Waals surface area contributed by atoms with Crippen LogP contribution in [0.1, 0.15) is 27.4 Å². The van der Waals surface area contributed by atoms with Crippen LogP contribution in [0.5, 0.6) is 0 Å². The highest BCUT2D eigenvalue weighted by Gasteiger charge is 2.63. The average Bonchev–Trinajstić information content (AvgIpc) is 3.15. The van der Waals surface area contributed by atoms with Crippen molar-refractivity contribution in [3.63, 3.8) is 0 Å². The molecule has 5 rings (SSSR count). The average molecular weight is 436 g/mol. The highest BCUT2D eigenvalue weighted by Crippen LogP contribution is 2.55. The molecular formula is C27H18ClN3O. The van der Waals surface area contributed by atoms with Crippen molar-refractivity contribution in [2.45, 2.75) is 18.0 Å². The maximum absolute atomic E-state index is 14.0. The van der Waals surface area contributed by atoms with Crippen LogP contribution in [0.15, 0.2) is 84.9 Å². The second-order valence-corrected chi connectivity index (χ2v) is 8.50. The molecule has 0 spiro atoms. The lowest BCUT2D eigenvalue weighted by atomic mass is 9.69. The molecule has 154 valence electrons. The van der Waals surface area contributed by atoms with Crippen molar-refractivity contribution in [2.24, 2.45) is 5.41 Å². The van der Waals surface area contributed by atoms with Crippen LogP contribution in [0.3, 0.4) is 0 Å². The van der Waals surface area contributed by atoms with Crippen LogP contribution in [-0.2, 0) is 0 Å². The fourth-order valence-electron chi connectivity index (χ4n) is 5.05. The molecule has 0 aromatic heterocycles. The summed E-state index contributed by atoms with van der Waals surface area (Å²) in [5, 5.41) is 21.3. The number of anilines is 1. The van der Waals surface area contributed by atoms with Crippen molar-refractivity contribution in [3.8, 4) is 12.1 Å². The zero-order chi connectivity index (χ0) is 22.3. The molecule has 3 aromatic rings. The van der Waals surface area contributed by atoms with Gasteiger partial charge < -0.3 is 4.90 Å². The number of carbonyl (C=O) groups excluding carboxylic acids is 1. The topological polar surface area (TPSA) is 67.9 Å². The Hall–Kier alpha value is -3.86. The molecule has 32 heavy (non-hydrogen) atoms. The van der Waals surface area contributed by atoms with Gasteiger partial charge in [0.05, 0.1) is 18.2 Å². The summed E-state index contributed by atoms with van der Waals surface area (Å²) in [5.41, 5.74) is 1.64. The molecule has 2 aliphatic rings. The number of para-hydroxylation sites is 1. The number of benzene rings is 3. The number of nitrogens with zero attached hydrogens (tertiary/aromatic N) is 3. The fourth-order valence-corrected chi connectivity index (χ4v) is 5.18. The van der Waals surface area contributed by atoms with E-state index < -0.39 is 23.4 Å². The molecule has 0 aliphatic carbocycles. The molecule has 1 saturated heterocycles. The number of carbonyl (C=O) groups is 1. The Kier molecular flexibility index (Phi) is 4.82. The minimum Gasteiger partial charge on any atom is -0.351 e. The van der Waals surface area contributed by atoms with Crippen LogP contribution in [-0.4, -0.2) is 17.9 Å². The molecule has 3 atom stereocenters. The van der Waals surface area contributed by atoms with Crippen molar-refractivity contribution in [3.05, 3.63) is 107 Å². The van der Waals surface area contributed by atoms with Crippen molar-refractivity contribution in [1.29, 1.82) is 10.5 Å². The van der Waals surface area contributed by atoms with Gasteiger partial charge in [-0.3, -0.25) is 4.79 Å². The highest BCUT2D eigenvalue weighted by molar-refractivity contribution is 6.30. The minimum atomic E-state index is -1.45. The Balaban J connectivity index is 1.79.